The first-order valence-corrected chi connectivity index (χ1v) is 10.7. The normalized spacial score (nSPS) is 22.7. The van der Waals surface area contributed by atoms with Gasteiger partial charge in [-0.1, -0.05) is 19.3 Å². The minimum atomic E-state index is -0.0403. The zero-order chi connectivity index (χ0) is 18.5. The van der Waals surface area contributed by atoms with E-state index in [1.54, 1.807) is 6.33 Å². The van der Waals surface area contributed by atoms with Crippen LogP contribution < -0.4 is 10.2 Å². The van der Waals surface area contributed by atoms with Crippen molar-refractivity contribution in [3.63, 3.8) is 0 Å². The molecule has 148 valence electrons. The molecule has 3 fully saturated rings. The third-order valence-electron chi connectivity index (χ3n) is 6.26. The van der Waals surface area contributed by atoms with Crippen LogP contribution in [0.2, 0.25) is 0 Å². The van der Waals surface area contributed by atoms with Crippen molar-refractivity contribution < 1.29 is 4.79 Å². The molecule has 0 unspecified atom stereocenters. The van der Waals surface area contributed by atoms with Crippen molar-refractivity contribution in [2.24, 2.45) is 0 Å². The molecule has 1 aromatic rings. The van der Waals surface area contributed by atoms with Gasteiger partial charge in [-0.3, -0.25) is 10.2 Å². The lowest BCUT2D eigenvalue weighted by atomic mass is 9.94. The molecule has 0 atom stereocenters. The fourth-order valence-electron chi connectivity index (χ4n) is 4.64. The summed E-state index contributed by atoms with van der Waals surface area (Å²) in [6.45, 7) is 5.87. The molecule has 1 saturated carbocycles. The molecule has 1 aromatic heterocycles. The maximum absolute atomic E-state index is 12.4. The number of hydrogen-bond acceptors (Lipinski definition) is 5. The molecule has 3 aliphatic rings. The van der Waals surface area contributed by atoms with Crippen molar-refractivity contribution in [3.8, 4) is 0 Å². The van der Waals surface area contributed by atoms with Crippen LogP contribution in [0.5, 0.6) is 0 Å². The van der Waals surface area contributed by atoms with E-state index < -0.39 is 0 Å². The third kappa shape index (κ3) is 4.69. The quantitative estimate of drug-likeness (QED) is 0.884. The molecule has 7 heteroatoms. The average molecular weight is 373 g/mol. The summed E-state index contributed by atoms with van der Waals surface area (Å²) in [6, 6.07) is 2.66. The Labute approximate surface area is 162 Å². The lowest BCUT2D eigenvalue weighted by Gasteiger charge is -2.41. The fourth-order valence-corrected chi connectivity index (χ4v) is 4.64. The third-order valence-corrected chi connectivity index (χ3v) is 6.26. The van der Waals surface area contributed by atoms with Crippen molar-refractivity contribution in [3.05, 3.63) is 12.4 Å². The Morgan fingerprint density at radius 2 is 1.59 bits per heavy atom. The Hall–Kier alpha value is -1.89. The highest BCUT2D eigenvalue weighted by atomic mass is 16.2. The van der Waals surface area contributed by atoms with Crippen LogP contribution in [0.15, 0.2) is 12.4 Å². The van der Waals surface area contributed by atoms with E-state index in [0.29, 0.717) is 5.82 Å². The molecular weight excluding hydrogens is 340 g/mol. The first-order chi connectivity index (χ1) is 13.3. The zero-order valence-electron chi connectivity index (χ0n) is 16.3. The Morgan fingerprint density at radius 3 is 2.33 bits per heavy atom. The summed E-state index contributed by atoms with van der Waals surface area (Å²) in [5.41, 5.74) is 0. The topological polar surface area (TPSA) is 64.6 Å². The van der Waals surface area contributed by atoms with E-state index in [1.807, 2.05) is 11.0 Å². The molecule has 2 saturated heterocycles. The van der Waals surface area contributed by atoms with Gasteiger partial charge in [0, 0.05) is 51.4 Å². The van der Waals surface area contributed by atoms with Gasteiger partial charge >= 0.3 is 6.03 Å². The number of carbonyl (C=O) groups is 1. The summed E-state index contributed by atoms with van der Waals surface area (Å²) in [6.07, 6.45) is 11.9. The smallest absolute Gasteiger partial charge is 0.323 e. The van der Waals surface area contributed by atoms with Gasteiger partial charge in [0.1, 0.15) is 18.0 Å². The SMILES string of the molecule is O=C(Nc1cc(N2CCN(C3CCCCC3)CC2)ncn1)N1CCCCC1. The van der Waals surface area contributed by atoms with E-state index in [9.17, 15) is 4.79 Å². The van der Waals surface area contributed by atoms with Crippen molar-refractivity contribution in [2.75, 3.05) is 49.5 Å². The van der Waals surface area contributed by atoms with E-state index >= 15 is 0 Å². The predicted molar refractivity (Wildman–Crippen MR) is 107 cm³/mol. The minimum absolute atomic E-state index is 0.0403. The predicted octanol–water partition coefficient (Wildman–Crippen LogP) is 2.95. The van der Waals surface area contributed by atoms with Crippen LogP contribution in [-0.2, 0) is 0 Å². The number of likely N-dealkylation sites (tertiary alicyclic amines) is 1. The van der Waals surface area contributed by atoms with Gasteiger partial charge in [-0.05, 0) is 32.1 Å². The van der Waals surface area contributed by atoms with E-state index in [-0.39, 0.29) is 6.03 Å². The van der Waals surface area contributed by atoms with Crippen LogP contribution in [-0.4, -0.2) is 71.1 Å². The van der Waals surface area contributed by atoms with Gasteiger partial charge in [0.05, 0.1) is 0 Å². The van der Waals surface area contributed by atoms with Crippen molar-refractivity contribution in [1.82, 2.24) is 19.8 Å². The summed E-state index contributed by atoms with van der Waals surface area (Å²) >= 11 is 0. The Morgan fingerprint density at radius 1 is 0.889 bits per heavy atom. The molecule has 0 spiro atoms. The molecule has 4 rings (SSSR count). The zero-order valence-corrected chi connectivity index (χ0v) is 16.3. The van der Waals surface area contributed by atoms with E-state index in [2.05, 4.69) is 25.1 Å². The second kappa shape index (κ2) is 8.87. The van der Waals surface area contributed by atoms with Crippen molar-refractivity contribution in [1.29, 1.82) is 0 Å². The lowest BCUT2D eigenvalue weighted by molar-refractivity contribution is 0.147. The first-order valence-electron chi connectivity index (χ1n) is 10.7. The molecule has 0 radical (unpaired) electrons. The van der Waals surface area contributed by atoms with Crippen molar-refractivity contribution in [2.45, 2.75) is 57.4 Å². The number of anilines is 2. The standard InChI is InChI=1S/C20H32N6O/c27-20(26-9-5-2-6-10-26)23-18-15-19(22-16-21-18)25-13-11-24(12-14-25)17-7-3-1-4-8-17/h15-17H,1-14H2,(H,21,22,23,27). The lowest BCUT2D eigenvalue weighted by Crippen LogP contribution is -2.51. The molecule has 2 aliphatic heterocycles. The summed E-state index contributed by atoms with van der Waals surface area (Å²) in [5, 5.41) is 2.95. The van der Waals surface area contributed by atoms with E-state index in [0.717, 1.165) is 64.0 Å². The highest BCUT2D eigenvalue weighted by Gasteiger charge is 2.26. The number of piperazine rings is 1. The van der Waals surface area contributed by atoms with Gasteiger partial charge in [-0.15, -0.1) is 0 Å². The van der Waals surface area contributed by atoms with E-state index in [4.69, 9.17) is 0 Å². The number of carbonyl (C=O) groups excluding carboxylic acids is 1. The van der Waals surface area contributed by atoms with Gasteiger partial charge in [-0.25, -0.2) is 14.8 Å². The van der Waals surface area contributed by atoms with Gasteiger partial charge in [-0.2, -0.15) is 0 Å². The summed E-state index contributed by atoms with van der Waals surface area (Å²) in [5.74, 6) is 1.52. The Bertz CT molecular complexity index is 619. The highest BCUT2D eigenvalue weighted by molar-refractivity contribution is 5.88. The molecule has 3 heterocycles. The largest absolute Gasteiger partial charge is 0.354 e. The van der Waals surface area contributed by atoms with Crippen LogP contribution >= 0.6 is 0 Å². The minimum Gasteiger partial charge on any atom is -0.354 e. The molecule has 0 bridgehead atoms. The number of nitrogens with zero attached hydrogens (tertiary/aromatic N) is 5. The van der Waals surface area contributed by atoms with Crippen LogP contribution in [0.4, 0.5) is 16.4 Å². The summed E-state index contributed by atoms with van der Waals surface area (Å²) < 4.78 is 0. The van der Waals surface area contributed by atoms with Crippen LogP contribution in [0.1, 0.15) is 51.4 Å². The second-order valence-corrected chi connectivity index (χ2v) is 8.05. The second-order valence-electron chi connectivity index (χ2n) is 8.05. The molecule has 7 nitrogen and oxygen atoms in total. The molecular formula is C20H32N6O. The number of aromatic nitrogens is 2. The Kier molecular flexibility index (Phi) is 6.07. The highest BCUT2D eigenvalue weighted by Crippen LogP contribution is 2.25. The number of urea groups is 1. The van der Waals surface area contributed by atoms with Gasteiger partial charge in [0.15, 0.2) is 0 Å². The van der Waals surface area contributed by atoms with E-state index in [1.165, 1.54) is 38.5 Å². The maximum atomic E-state index is 12.4. The monoisotopic (exact) mass is 372 g/mol. The van der Waals surface area contributed by atoms with Crippen LogP contribution in [0.25, 0.3) is 0 Å². The maximum Gasteiger partial charge on any atom is 0.323 e. The number of rotatable bonds is 3. The number of nitrogens with one attached hydrogen (secondary N) is 1. The number of hydrogen-bond donors (Lipinski definition) is 1. The summed E-state index contributed by atoms with van der Waals surface area (Å²) in [7, 11) is 0. The van der Waals surface area contributed by atoms with Crippen LogP contribution in [0.3, 0.4) is 0 Å². The molecule has 2 amide bonds. The average Bonchev–Trinajstić information content (AvgIpc) is 2.75. The summed E-state index contributed by atoms with van der Waals surface area (Å²) in [4.78, 5) is 28.0. The molecule has 27 heavy (non-hydrogen) atoms. The molecule has 1 aliphatic carbocycles. The molecule has 1 N–H and O–H groups in total. The number of amides is 2. The molecule has 0 aromatic carbocycles. The first kappa shape index (κ1) is 18.5. The fraction of sp³-hybridized carbons (Fsp3) is 0.750. The number of piperidine rings is 1. The van der Waals surface area contributed by atoms with Gasteiger partial charge < -0.3 is 9.80 Å². The van der Waals surface area contributed by atoms with Gasteiger partial charge in [0.2, 0.25) is 0 Å². The van der Waals surface area contributed by atoms with Crippen LogP contribution in [0, 0.1) is 0 Å². The van der Waals surface area contributed by atoms with Gasteiger partial charge in [0.25, 0.3) is 0 Å². The van der Waals surface area contributed by atoms with Crippen molar-refractivity contribution >= 4 is 17.7 Å². The Balaban J connectivity index is 1.32.